The van der Waals surface area contributed by atoms with Gasteiger partial charge in [0.15, 0.2) is 11.6 Å². The lowest BCUT2D eigenvalue weighted by Gasteiger charge is -1.99. The van der Waals surface area contributed by atoms with Gasteiger partial charge in [-0.1, -0.05) is 28.1 Å². The molecule has 2 aromatic heterocycles. The number of aromatic amines is 1. The van der Waals surface area contributed by atoms with Crippen LogP contribution in [0.15, 0.2) is 62.2 Å². The monoisotopic (exact) mass is 340 g/mol. The van der Waals surface area contributed by atoms with Gasteiger partial charge in [-0.3, -0.25) is 4.79 Å². The predicted octanol–water partition coefficient (Wildman–Crippen LogP) is 4.10. The van der Waals surface area contributed by atoms with Crippen molar-refractivity contribution in [3.05, 3.63) is 63.4 Å². The van der Waals surface area contributed by atoms with Crippen molar-refractivity contribution in [1.82, 2.24) is 9.97 Å². The van der Waals surface area contributed by atoms with Crippen LogP contribution in [0.4, 0.5) is 0 Å². The number of rotatable bonds is 1. The van der Waals surface area contributed by atoms with E-state index in [1.165, 1.54) is 0 Å². The first-order valence-corrected chi connectivity index (χ1v) is 7.18. The first-order chi connectivity index (χ1) is 10.2. The molecule has 4 nitrogen and oxygen atoms in total. The molecular weight excluding hydrogens is 332 g/mol. The van der Waals surface area contributed by atoms with Crippen molar-refractivity contribution in [2.45, 2.75) is 0 Å². The van der Waals surface area contributed by atoms with E-state index in [1.807, 2.05) is 42.5 Å². The summed E-state index contributed by atoms with van der Waals surface area (Å²) in [7, 11) is 0. The second-order valence-corrected chi connectivity index (χ2v) is 5.64. The maximum absolute atomic E-state index is 12.1. The van der Waals surface area contributed by atoms with Gasteiger partial charge in [-0.15, -0.1) is 0 Å². The molecule has 0 radical (unpaired) electrons. The van der Waals surface area contributed by atoms with Crippen LogP contribution in [0.5, 0.6) is 0 Å². The third-order valence-corrected chi connectivity index (χ3v) is 3.82. The maximum atomic E-state index is 12.1. The Morgan fingerprint density at radius 2 is 1.95 bits per heavy atom. The van der Waals surface area contributed by atoms with Crippen molar-refractivity contribution in [2.24, 2.45) is 0 Å². The van der Waals surface area contributed by atoms with Crippen LogP contribution < -0.4 is 5.56 Å². The van der Waals surface area contributed by atoms with Gasteiger partial charge in [-0.25, -0.2) is 4.98 Å². The average Bonchev–Trinajstić information content (AvgIpc) is 2.90. The molecule has 1 N–H and O–H groups in total. The normalized spacial score (nSPS) is 11.3. The molecule has 0 unspecified atom stereocenters. The Morgan fingerprint density at radius 3 is 2.86 bits per heavy atom. The molecule has 0 aliphatic carbocycles. The highest BCUT2D eigenvalue weighted by Crippen LogP contribution is 2.28. The predicted molar refractivity (Wildman–Crippen MR) is 85.3 cm³/mol. The molecule has 0 saturated carbocycles. The minimum Gasteiger partial charge on any atom is -0.453 e. The smallest absolute Gasteiger partial charge is 0.259 e. The largest absolute Gasteiger partial charge is 0.453 e. The highest BCUT2D eigenvalue weighted by molar-refractivity contribution is 9.10. The first kappa shape index (κ1) is 12.3. The zero-order chi connectivity index (χ0) is 14.4. The fourth-order valence-corrected chi connectivity index (χ4v) is 2.71. The minimum absolute atomic E-state index is 0.169. The molecule has 0 fully saturated rings. The zero-order valence-electron chi connectivity index (χ0n) is 10.8. The molecule has 0 aliphatic rings. The van der Waals surface area contributed by atoms with Crippen LogP contribution in [0, 0.1) is 0 Å². The number of fused-ring (bicyclic) bond motifs is 2. The molecular formula is C16H9BrN2O2. The van der Waals surface area contributed by atoms with Crippen molar-refractivity contribution in [3.63, 3.8) is 0 Å². The quantitative estimate of drug-likeness (QED) is 0.567. The molecule has 2 heterocycles. The molecule has 4 rings (SSSR count). The Balaban J connectivity index is 1.97. The summed E-state index contributed by atoms with van der Waals surface area (Å²) < 4.78 is 6.73. The van der Waals surface area contributed by atoms with E-state index in [1.54, 1.807) is 6.07 Å². The number of aromatic nitrogens is 2. The number of hydrogen-bond acceptors (Lipinski definition) is 3. The van der Waals surface area contributed by atoms with E-state index in [-0.39, 0.29) is 5.56 Å². The molecule has 0 aliphatic heterocycles. The SMILES string of the molecule is O=c1[nH]c(-c2cc3cc(Br)ccc3o2)nc2ccccc12. The Kier molecular flexibility index (Phi) is 2.68. The Labute approximate surface area is 127 Å². The lowest BCUT2D eigenvalue weighted by molar-refractivity contribution is 0.625. The van der Waals surface area contributed by atoms with Gasteiger partial charge in [0.05, 0.1) is 10.9 Å². The number of para-hydroxylation sites is 1. The molecule has 0 bridgehead atoms. The number of nitrogens with one attached hydrogen (secondary N) is 1. The summed E-state index contributed by atoms with van der Waals surface area (Å²) in [6.07, 6.45) is 0. The fourth-order valence-electron chi connectivity index (χ4n) is 2.33. The van der Waals surface area contributed by atoms with Gasteiger partial charge < -0.3 is 9.40 Å². The van der Waals surface area contributed by atoms with E-state index < -0.39 is 0 Å². The van der Waals surface area contributed by atoms with Gasteiger partial charge in [0, 0.05) is 9.86 Å². The molecule has 21 heavy (non-hydrogen) atoms. The molecule has 0 atom stereocenters. The van der Waals surface area contributed by atoms with Crippen LogP contribution in [-0.2, 0) is 0 Å². The van der Waals surface area contributed by atoms with Crippen LogP contribution in [0.1, 0.15) is 0 Å². The summed E-state index contributed by atoms with van der Waals surface area (Å²) in [4.78, 5) is 19.3. The van der Waals surface area contributed by atoms with Crippen molar-refractivity contribution in [1.29, 1.82) is 0 Å². The van der Waals surface area contributed by atoms with Crippen molar-refractivity contribution in [3.8, 4) is 11.6 Å². The topological polar surface area (TPSA) is 58.9 Å². The summed E-state index contributed by atoms with van der Waals surface area (Å²) in [6, 6.07) is 14.9. The second kappa shape index (κ2) is 4.56. The van der Waals surface area contributed by atoms with Crippen LogP contribution in [0.2, 0.25) is 0 Å². The Hall–Kier alpha value is -2.40. The van der Waals surface area contributed by atoms with Crippen molar-refractivity contribution in [2.75, 3.05) is 0 Å². The van der Waals surface area contributed by atoms with Crippen molar-refractivity contribution < 1.29 is 4.42 Å². The lowest BCUT2D eigenvalue weighted by atomic mass is 10.2. The highest BCUT2D eigenvalue weighted by Gasteiger charge is 2.10. The molecule has 0 saturated heterocycles. The fraction of sp³-hybridized carbons (Fsp3) is 0. The Morgan fingerprint density at radius 1 is 1.10 bits per heavy atom. The van der Waals surface area contributed by atoms with Crippen LogP contribution in [0.3, 0.4) is 0 Å². The summed E-state index contributed by atoms with van der Waals surface area (Å²) in [5, 5.41) is 1.52. The first-order valence-electron chi connectivity index (χ1n) is 6.39. The molecule has 4 aromatic rings. The molecule has 102 valence electrons. The molecule has 5 heteroatoms. The van der Waals surface area contributed by atoms with Gasteiger partial charge >= 0.3 is 0 Å². The maximum Gasteiger partial charge on any atom is 0.259 e. The number of benzene rings is 2. The van der Waals surface area contributed by atoms with E-state index in [0.717, 1.165) is 15.4 Å². The molecule has 0 spiro atoms. The Bertz CT molecular complexity index is 1030. The second-order valence-electron chi connectivity index (χ2n) is 4.72. The number of nitrogens with zero attached hydrogens (tertiary/aromatic N) is 1. The zero-order valence-corrected chi connectivity index (χ0v) is 12.3. The third kappa shape index (κ3) is 2.06. The van der Waals surface area contributed by atoms with Gasteiger partial charge in [0.1, 0.15) is 5.58 Å². The summed E-state index contributed by atoms with van der Waals surface area (Å²) in [5.74, 6) is 0.983. The number of H-pyrrole nitrogens is 1. The molecule has 2 aromatic carbocycles. The summed E-state index contributed by atoms with van der Waals surface area (Å²) >= 11 is 3.43. The molecule has 0 amide bonds. The lowest BCUT2D eigenvalue weighted by Crippen LogP contribution is -2.08. The van der Waals surface area contributed by atoms with Crippen LogP contribution in [0.25, 0.3) is 33.5 Å². The van der Waals surface area contributed by atoms with Crippen molar-refractivity contribution >= 4 is 37.8 Å². The van der Waals surface area contributed by atoms with Gasteiger partial charge in [0.2, 0.25) is 0 Å². The van der Waals surface area contributed by atoms with Gasteiger partial charge in [-0.05, 0) is 36.4 Å². The number of furan rings is 1. The number of hydrogen-bond donors (Lipinski definition) is 1. The van der Waals surface area contributed by atoms with Crippen LogP contribution >= 0.6 is 15.9 Å². The summed E-state index contributed by atoms with van der Waals surface area (Å²) in [6.45, 7) is 0. The van der Waals surface area contributed by atoms with Gasteiger partial charge in [0.25, 0.3) is 5.56 Å². The van der Waals surface area contributed by atoms with E-state index in [0.29, 0.717) is 22.5 Å². The van der Waals surface area contributed by atoms with Crippen LogP contribution in [-0.4, -0.2) is 9.97 Å². The van der Waals surface area contributed by atoms with E-state index in [4.69, 9.17) is 4.42 Å². The standard InChI is InChI=1S/C16H9BrN2O2/c17-10-5-6-13-9(7-10)8-14(21-13)15-18-12-4-2-1-3-11(12)16(20)19-15/h1-8H,(H,18,19,20). The number of halogens is 1. The van der Waals surface area contributed by atoms with Gasteiger partial charge in [-0.2, -0.15) is 0 Å². The van der Waals surface area contributed by atoms with E-state index in [9.17, 15) is 4.79 Å². The highest BCUT2D eigenvalue weighted by atomic mass is 79.9. The third-order valence-electron chi connectivity index (χ3n) is 3.32. The van der Waals surface area contributed by atoms with E-state index in [2.05, 4.69) is 25.9 Å². The average molecular weight is 341 g/mol. The van der Waals surface area contributed by atoms with E-state index >= 15 is 0 Å². The minimum atomic E-state index is -0.169. The summed E-state index contributed by atoms with van der Waals surface area (Å²) in [5.41, 5.74) is 1.24.